The molecule has 1 atom stereocenters. The van der Waals surface area contributed by atoms with Crippen molar-refractivity contribution in [1.29, 1.82) is 0 Å². The summed E-state index contributed by atoms with van der Waals surface area (Å²) in [6.07, 6.45) is -0.353. The molecule has 0 saturated heterocycles. The van der Waals surface area contributed by atoms with Crippen LogP contribution in [0.15, 0.2) is 54.6 Å². The third-order valence-electron chi connectivity index (χ3n) is 3.08. The van der Waals surface area contributed by atoms with Crippen molar-refractivity contribution in [3.8, 4) is 5.75 Å². The first-order valence-corrected chi connectivity index (χ1v) is 6.21. The lowest BCUT2D eigenvalue weighted by molar-refractivity contribution is -0.165. The van der Waals surface area contributed by atoms with Crippen molar-refractivity contribution < 1.29 is 25.3 Å². The van der Waals surface area contributed by atoms with E-state index in [9.17, 15) is 25.3 Å². The maximum atomic E-state index is 11.4. The normalized spacial score (nSPS) is 13.4. The van der Waals surface area contributed by atoms with E-state index in [4.69, 9.17) is 0 Å². The molecule has 0 bridgehead atoms. The quantitative estimate of drug-likeness (QED) is 0.493. The maximum Gasteiger partial charge on any atom is 0.359 e. The van der Waals surface area contributed by atoms with E-state index >= 15 is 0 Å². The van der Waals surface area contributed by atoms with Crippen molar-refractivity contribution >= 4 is 11.7 Å². The number of hydroxylamine groups is 1. The standard InChI is InChI=1S/C15H15NO5/c17-13-8-6-11(7-9-13)10-15(20,14(18)19)16(21)12-4-2-1-3-5-12/h1-9,17,20-21H,10H2,(H,18,19)/t15-/m1/s1. The molecular formula is C15H15NO5. The number of anilines is 1. The minimum absolute atomic E-state index is 0.0292. The Balaban J connectivity index is 2.32. The summed E-state index contributed by atoms with van der Waals surface area (Å²) in [5.41, 5.74) is -1.91. The van der Waals surface area contributed by atoms with Gasteiger partial charge >= 0.3 is 5.97 Å². The van der Waals surface area contributed by atoms with Crippen LogP contribution >= 0.6 is 0 Å². The van der Waals surface area contributed by atoms with Crippen LogP contribution in [0, 0.1) is 0 Å². The number of phenolic OH excluding ortho intramolecular Hbond substituents is 1. The fourth-order valence-electron chi connectivity index (χ4n) is 1.92. The molecule has 2 rings (SSSR count). The highest BCUT2D eigenvalue weighted by molar-refractivity contribution is 5.81. The van der Waals surface area contributed by atoms with Crippen LogP contribution < -0.4 is 5.06 Å². The van der Waals surface area contributed by atoms with E-state index in [1.165, 1.54) is 36.4 Å². The summed E-state index contributed by atoms with van der Waals surface area (Å²) in [4.78, 5) is 11.4. The van der Waals surface area contributed by atoms with Gasteiger partial charge in [0.1, 0.15) is 5.75 Å². The molecule has 0 aliphatic rings. The molecule has 21 heavy (non-hydrogen) atoms. The number of hydrogen-bond donors (Lipinski definition) is 4. The van der Waals surface area contributed by atoms with Gasteiger partial charge in [0.2, 0.25) is 0 Å². The summed E-state index contributed by atoms with van der Waals surface area (Å²) >= 11 is 0. The van der Waals surface area contributed by atoms with E-state index in [0.717, 1.165) is 0 Å². The second-order valence-electron chi connectivity index (χ2n) is 4.61. The topological polar surface area (TPSA) is 101 Å². The SMILES string of the molecule is O=C(O)[C@](O)(Cc1ccc(O)cc1)N(O)c1ccccc1. The molecular weight excluding hydrogens is 274 g/mol. The Bertz CT molecular complexity index is 614. The lowest BCUT2D eigenvalue weighted by Crippen LogP contribution is -2.55. The molecule has 0 amide bonds. The third kappa shape index (κ3) is 3.13. The molecule has 0 unspecified atom stereocenters. The third-order valence-corrected chi connectivity index (χ3v) is 3.08. The van der Waals surface area contributed by atoms with Gasteiger partial charge < -0.3 is 15.3 Å². The Hall–Kier alpha value is -2.57. The molecule has 0 spiro atoms. The zero-order chi connectivity index (χ0) is 15.5. The van der Waals surface area contributed by atoms with E-state index in [0.29, 0.717) is 10.6 Å². The largest absolute Gasteiger partial charge is 0.508 e. The number of aliphatic carboxylic acids is 1. The molecule has 6 heteroatoms. The monoisotopic (exact) mass is 289 g/mol. The average molecular weight is 289 g/mol. The molecule has 0 aliphatic heterocycles. The average Bonchev–Trinajstić information content (AvgIpc) is 2.49. The van der Waals surface area contributed by atoms with E-state index in [1.54, 1.807) is 18.2 Å². The number of carboxylic acids is 1. The van der Waals surface area contributed by atoms with Gasteiger partial charge in [-0.1, -0.05) is 30.3 Å². The Morgan fingerprint density at radius 1 is 1.05 bits per heavy atom. The van der Waals surface area contributed by atoms with Crippen molar-refractivity contribution in [1.82, 2.24) is 0 Å². The van der Waals surface area contributed by atoms with Gasteiger partial charge in [0.25, 0.3) is 5.72 Å². The summed E-state index contributed by atoms with van der Waals surface area (Å²) < 4.78 is 0. The first kappa shape index (κ1) is 14.8. The second kappa shape index (κ2) is 5.82. The molecule has 6 nitrogen and oxygen atoms in total. The van der Waals surface area contributed by atoms with Crippen molar-refractivity contribution in [2.45, 2.75) is 12.1 Å². The van der Waals surface area contributed by atoms with Crippen LogP contribution in [0.1, 0.15) is 5.56 Å². The zero-order valence-electron chi connectivity index (χ0n) is 11.0. The fourth-order valence-corrected chi connectivity index (χ4v) is 1.92. The molecule has 0 fully saturated rings. The highest BCUT2D eigenvalue weighted by Gasteiger charge is 2.43. The molecule has 0 saturated carbocycles. The number of benzene rings is 2. The van der Waals surface area contributed by atoms with Crippen LogP contribution in [-0.4, -0.2) is 32.2 Å². The Kier molecular flexibility index (Phi) is 4.11. The van der Waals surface area contributed by atoms with Gasteiger partial charge in [-0.3, -0.25) is 5.21 Å². The number of phenols is 1. The minimum atomic E-state index is -2.52. The number of nitrogens with zero attached hydrogens (tertiary/aromatic N) is 1. The first-order valence-electron chi connectivity index (χ1n) is 6.21. The van der Waals surface area contributed by atoms with Gasteiger partial charge in [-0.05, 0) is 29.8 Å². The van der Waals surface area contributed by atoms with Gasteiger partial charge in [0, 0.05) is 6.42 Å². The van der Waals surface area contributed by atoms with Gasteiger partial charge in [-0.15, -0.1) is 0 Å². The number of para-hydroxylation sites is 1. The van der Waals surface area contributed by atoms with Crippen LogP contribution in [0.5, 0.6) is 5.75 Å². The Morgan fingerprint density at radius 3 is 2.14 bits per heavy atom. The van der Waals surface area contributed by atoms with Crippen LogP contribution in [0.2, 0.25) is 0 Å². The summed E-state index contributed by atoms with van der Waals surface area (Å²) in [5.74, 6) is -1.55. The summed E-state index contributed by atoms with van der Waals surface area (Å²) in [6.45, 7) is 0. The number of aromatic hydroxyl groups is 1. The van der Waals surface area contributed by atoms with Crippen molar-refractivity contribution in [2.75, 3.05) is 5.06 Å². The van der Waals surface area contributed by atoms with Gasteiger partial charge in [0.05, 0.1) is 5.69 Å². The second-order valence-corrected chi connectivity index (χ2v) is 4.61. The molecule has 0 aliphatic carbocycles. The van der Waals surface area contributed by atoms with E-state index in [-0.39, 0.29) is 17.9 Å². The van der Waals surface area contributed by atoms with Crippen molar-refractivity contribution in [3.05, 3.63) is 60.2 Å². The van der Waals surface area contributed by atoms with E-state index in [1.807, 2.05) is 0 Å². The number of aliphatic hydroxyl groups is 1. The van der Waals surface area contributed by atoms with E-state index in [2.05, 4.69) is 0 Å². The molecule has 2 aromatic carbocycles. The predicted octanol–water partition coefficient (Wildman–Crippen LogP) is 1.60. The van der Waals surface area contributed by atoms with Crippen LogP contribution in [0.3, 0.4) is 0 Å². The van der Waals surface area contributed by atoms with Crippen LogP contribution in [0.4, 0.5) is 5.69 Å². The van der Waals surface area contributed by atoms with Crippen LogP contribution in [0.25, 0.3) is 0 Å². The first-order chi connectivity index (χ1) is 9.93. The number of rotatable bonds is 5. The van der Waals surface area contributed by atoms with Gasteiger partial charge in [-0.2, -0.15) is 0 Å². The van der Waals surface area contributed by atoms with Gasteiger partial charge in [0.15, 0.2) is 0 Å². The zero-order valence-corrected chi connectivity index (χ0v) is 11.0. The molecule has 0 heterocycles. The molecule has 2 aromatic rings. The highest BCUT2D eigenvalue weighted by Crippen LogP contribution is 2.25. The van der Waals surface area contributed by atoms with Crippen molar-refractivity contribution in [2.24, 2.45) is 0 Å². The Morgan fingerprint density at radius 2 is 1.62 bits per heavy atom. The molecule has 0 aromatic heterocycles. The van der Waals surface area contributed by atoms with Crippen molar-refractivity contribution in [3.63, 3.8) is 0 Å². The lowest BCUT2D eigenvalue weighted by Gasteiger charge is -2.32. The summed E-state index contributed by atoms with van der Waals surface area (Å²) in [6, 6.07) is 13.6. The van der Waals surface area contributed by atoms with Crippen LogP contribution in [-0.2, 0) is 11.2 Å². The Labute approximate surface area is 121 Å². The van der Waals surface area contributed by atoms with E-state index < -0.39 is 11.7 Å². The smallest absolute Gasteiger partial charge is 0.359 e. The number of carbonyl (C=O) groups is 1. The molecule has 110 valence electrons. The number of carboxylic acid groups (broad SMARTS) is 1. The molecule has 4 N–H and O–H groups in total. The summed E-state index contributed by atoms with van der Waals surface area (Å²) in [7, 11) is 0. The highest BCUT2D eigenvalue weighted by atomic mass is 16.6. The molecule has 0 radical (unpaired) electrons. The lowest BCUT2D eigenvalue weighted by atomic mass is 10.0. The maximum absolute atomic E-state index is 11.4. The fraction of sp³-hybridized carbons (Fsp3) is 0.133. The minimum Gasteiger partial charge on any atom is -0.508 e. The number of hydrogen-bond acceptors (Lipinski definition) is 5. The van der Waals surface area contributed by atoms with Gasteiger partial charge in [-0.25, -0.2) is 9.86 Å². The predicted molar refractivity (Wildman–Crippen MR) is 75.1 cm³/mol. The summed E-state index contributed by atoms with van der Waals surface area (Å²) in [5, 5.41) is 39.2.